The Bertz CT molecular complexity index is 287. The van der Waals surface area contributed by atoms with Gasteiger partial charge in [-0.2, -0.15) is 0 Å². The van der Waals surface area contributed by atoms with Gasteiger partial charge in [0.15, 0.2) is 0 Å². The zero-order valence-electron chi connectivity index (χ0n) is 11.1. The summed E-state index contributed by atoms with van der Waals surface area (Å²) in [7, 11) is 0. The normalized spacial score (nSPS) is 29.0. The molecule has 1 aliphatic carbocycles. The minimum atomic E-state index is -0.122. The molecule has 4 nitrogen and oxygen atoms in total. The quantitative estimate of drug-likeness (QED) is 0.759. The van der Waals surface area contributed by atoms with Gasteiger partial charge >= 0.3 is 0 Å². The van der Waals surface area contributed by atoms with E-state index in [1.807, 2.05) is 6.92 Å². The smallest absolute Gasteiger partial charge is 0.237 e. The van der Waals surface area contributed by atoms with Crippen molar-refractivity contribution in [2.45, 2.75) is 70.2 Å². The third kappa shape index (κ3) is 3.96. The molecular weight excluding hydrogens is 216 g/mol. The zero-order valence-corrected chi connectivity index (χ0v) is 11.1. The highest BCUT2D eigenvalue weighted by Crippen LogP contribution is 2.28. The van der Waals surface area contributed by atoms with Crippen molar-refractivity contribution in [2.24, 2.45) is 0 Å². The Morgan fingerprint density at radius 3 is 2.65 bits per heavy atom. The predicted molar refractivity (Wildman–Crippen MR) is 66.8 cm³/mol. The Hall–Kier alpha value is -0.610. The number of rotatable bonds is 5. The molecule has 2 rings (SSSR count). The molecule has 0 bridgehead atoms. The molecule has 0 aromatic carbocycles. The number of carbonyl (C=O) groups is 1. The third-order valence-electron chi connectivity index (χ3n) is 3.52. The molecule has 0 aromatic heterocycles. The van der Waals surface area contributed by atoms with Crippen molar-refractivity contribution in [3.8, 4) is 0 Å². The largest absolute Gasteiger partial charge is 0.371 e. The maximum atomic E-state index is 11.7. The first-order valence-electron chi connectivity index (χ1n) is 6.68. The monoisotopic (exact) mass is 240 g/mol. The van der Waals surface area contributed by atoms with Gasteiger partial charge in [0.25, 0.3) is 0 Å². The van der Waals surface area contributed by atoms with Crippen molar-refractivity contribution in [3.63, 3.8) is 0 Å². The summed E-state index contributed by atoms with van der Waals surface area (Å²) in [5.74, 6) is 0.116. The molecule has 2 N–H and O–H groups in total. The second-order valence-corrected chi connectivity index (χ2v) is 5.95. The van der Waals surface area contributed by atoms with E-state index >= 15 is 0 Å². The highest BCUT2D eigenvalue weighted by atomic mass is 16.5. The van der Waals surface area contributed by atoms with Crippen molar-refractivity contribution in [2.75, 3.05) is 6.54 Å². The van der Waals surface area contributed by atoms with E-state index in [0.29, 0.717) is 6.04 Å². The van der Waals surface area contributed by atoms with Crippen LogP contribution in [0.4, 0.5) is 0 Å². The summed E-state index contributed by atoms with van der Waals surface area (Å²) in [6, 6.07) is 0.316. The standard InChI is InChI=1S/C13H24N2O2/c1-9(12(16)15-10-4-5-10)14-8-11-6-7-13(2,3)17-11/h9-11,14H,4-8H2,1-3H3,(H,15,16). The molecule has 0 aromatic rings. The molecule has 98 valence electrons. The van der Waals surface area contributed by atoms with Crippen LogP contribution in [0.2, 0.25) is 0 Å². The molecule has 0 radical (unpaired) electrons. The van der Waals surface area contributed by atoms with Gasteiger partial charge < -0.3 is 15.4 Å². The van der Waals surface area contributed by atoms with Crippen LogP contribution in [0.3, 0.4) is 0 Å². The molecule has 1 saturated heterocycles. The van der Waals surface area contributed by atoms with E-state index < -0.39 is 0 Å². The molecule has 2 unspecified atom stereocenters. The van der Waals surface area contributed by atoms with Gasteiger partial charge in [-0.05, 0) is 46.5 Å². The van der Waals surface area contributed by atoms with E-state index in [1.165, 1.54) is 0 Å². The molecule has 0 spiro atoms. The van der Waals surface area contributed by atoms with Crippen LogP contribution in [0.15, 0.2) is 0 Å². The fourth-order valence-corrected chi connectivity index (χ4v) is 2.18. The second-order valence-electron chi connectivity index (χ2n) is 5.95. The number of nitrogens with one attached hydrogen (secondary N) is 2. The van der Waals surface area contributed by atoms with E-state index in [9.17, 15) is 4.79 Å². The minimum Gasteiger partial charge on any atom is -0.371 e. The Morgan fingerprint density at radius 1 is 1.41 bits per heavy atom. The van der Waals surface area contributed by atoms with Crippen molar-refractivity contribution < 1.29 is 9.53 Å². The summed E-state index contributed by atoms with van der Waals surface area (Å²) in [5.41, 5.74) is 0.00581. The van der Waals surface area contributed by atoms with Gasteiger partial charge in [-0.1, -0.05) is 0 Å². The first kappa shape index (κ1) is 12.8. The van der Waals surface area contributed by atoms with Crippen molar-refractivity contribution in [1.29, 1.82) is 0 Å². The molecule has 2 fully saturated rings. The van der Waals surface area contributed by atoms with E-state index in [1.54, 1.807) is 0 Å². The van der Waals surface area contributed by atoms with Gasteiger partial charge in [-0.15, -0.1) is 0 Å². The number of hydrogen-bond donors (Lipinski definition) is 2. The molecule has 1 heterocycles. The predicted octanol–water partition coefficient (Wildman–Crippen LogP) is 1.20. The summed E-state index contributed by atoms with van der Waals surface area (Å²) in [5, 5.41) is 6.26. The topological polar surface area (TPSA) is 50.4 Å². The summed E-state index contributed by atoms with van der Waals surface area (Å²) >= 11 is 0. The maximum absolute atomic E-state index is 11.7. The van der Waals surface area contributed by atoms with Gasteiger partial charge in [0, 0.05) is 12.6 Å². The highest BCUT2D eigenvalue weighted by Gasteiger charge is 2.32. The van der Waals surface area contributed by atoms with Crippen LogP contribution >= 0.6 is 0 Å². The van der Waals surface area contributed by atoms with Gasteiger partial charge in [0.2, 0.25) is 5.91 Å². The number of amides is 1. The Balaban J connectivity index is 1.65. The van der Waals surface area contributed by atoms with Crippen LogP contribution in [-0.2, 0) is 9.53 Å². The van der Waals surface area contributed by atoms with Crippen LogP contribution in [0.1, 0.15) is 46.5 Å². The first-order chi connectivity index (χ1) is 7.96. The van der Waals surface area contributed by atoms with Gasteiger partial charge in [-0.25, -0.2) is 0 Å². The lowest BCUT2D eigenvalue weighted by Crippen LogP contribution is -2.45. The highest BCUT2D eigenvalue weighted by molar-refractivity contribution is 5.81. The lowest BCUT2D eigenvalue weighted by Gasteiger charge is -2.21. The van der Waals surface area contributed by atoms with Crippen LogP contribution in [0, 0.1) is 0 Å². The van der Waals surface area contributed by atoms with Gasteiger partial charge in [0.1, 0.15) is 0 Å². The maximum Gasteiger partial charge on any atom is 0.237 e. The Kier molecular flexibility index (Phi) is 3.73. The SMILES string of the molecule is CC(NCC1CCC(C)(C)O1)C(=O)NC1CC1. The Labute approximate surface area is 103 Å². The minimum absolute atomic E-state index is 0.00581. The third-order valence-corrected chi connectivity index (χ3v) is 3.52. The lowest BCUT2D eigenvalue weighted by molar-refractivity contribution is -0.123. The van der Waals surface area contributed by atoms with E-state index in [2.05, 4.69) is 24.5 Å². The molecule has 2 atom stereocenters. The molecule has 1 saturated carbocycles. The van der Waals surface area contributed by atoms with Gasteiger partial charge in [0.05, 0.1) is 17.7 Å². The van der Waals surface area contributed by atoms with Crippen LogP contribution in [-0.4, -0.2) is 36.2 Å². The Morgan fingerprint density at radius 2 is 2.12 bits per heavy atom. The number of hydrogen-bond acceptors (Lipinski definition) is 3. The van der Waals surface area contributed by atoms with E-state index in [-0.39, 0.29) is 23.7 Å². The van der Waals surface area contributed by atoms with E-state index in [4.69, 9.17) is 4.74 Å². The number of ether oxygens (including phenoxy) is 1. The molecule has 17 heavy (non-hydrogen) atoms. The van der Waals surface area contributed by atoms with Gasteiger partial charge in [-0.3, -0.25) is 4.79 Å². The first-order valence-corrected chi connectivity index (χ1v) is 6.68. The molecule has 1 aliphatic heterocycles. The molecular formula is C13H24N2O2. The zero-order chi connectivity index (χ0) is 12.5. The van der Waals surface area contributed by atoms with Crippen LogP contribution in [0.25, 0.3) is 0 Å². The molecule has 4 heteroatoms. The van der Waals surface area contributed by atoms with Crippen molar-refractivity contribution >= 4 is 5.91 Å². The summed E-state index contributed by atoms with van der Waals surface area (Å²) in [6.07, 6.45) is 4.71. The average Bonchev–Trinajstić information content (AvgIpc) is 2.99. The van der Waals surface area contributed by atoms with E-state index in [0.717, 1.165) is 32.2 Å². The molecule has 2 aliphatic rings. The van der Waals surface area contributed by atoms with Crippen LogP contribution in [0.5, 0.6) is 0 Å². The average molecular weight is 240 g/mol. The van der Waals surface area contributed by atoms with Crippen molar-refractivity contribution in [1.82, 2.24) is 10.6 Å². The van der Waals surface area contributed by atoms with Crippen LogP contribution < -0.4 is 10.6 Å². The lowest BCUT2D eigenvalue weighted by atomic mass is 10.1. The fourth-order valence-electron chi connectivity index (χ4n) is 2.18. The second kappa shape index (κ2) is 4.94. The summed E-state index contributed by atoms with van der Waals surface area (Å²) in [4.78, 5) is 11.7. The number of carbonyl (C=O) groups excluding carboxylic acids is 1. The van der Waals surface area contributed by atoms with Crippen molar-refractivity contribution in [3.05, 3.63) is 0 Å². The fraction of sp³-hybridized carbons (Fsp3) is 0.923. The molecule has 1 amide bonds. The summed E-state index contributed by atoms with van der Waals surface area (Å²) in [6.45, 7) is 6.92. The summed E-state index contributed by atoms with van der Waals surface area (Å²) < 4.78 is 5.88.